The van der Waals surface area contributed by atoms with E-state index in [1.807, 2.05) is 0 Å². The first-order valence-corrected chi connectivity index (χ1v) is 13.3. The summed E-state index contributed by atoms with van der Waals surface area (Å²) in [6, 6.07) is 5.90. The van der Waals surface area contributed by atoms with E-state index < -0.39 is 67.2 Å². The van der Waals surface area contributed by atoms with Gasteiger partial charge in [0.15, 0.2) is 17.3 Å². The van der Waals surface area contributed by atoms with Gasteiger partial charge in [-0.2, -0.15) is 0 Å². The van der Waals surface area contributed by atoms with E-state index in [4.69, 9.17) is 0 Å². The largest absolute Gasteiger partial charge is 0.573 e. The van der Waals surface area contributed by atoms with Gasteiger partial charge in [-0.1, -0.05) is 6.07 Å². The van der Waals surface area contributed by atoms with Gasteiger partial charge in [-0.15, -0.1) is 13.2 Å². The van der Waals surface area contributed by atoms with Crippen molar-refractivity contribution in [2.24, 2.45) is 0 Å². The van der Waals surface area contributed by atoms with Crippen LogP contribution in [0.25, 0.3) is 10.9 Å². The highest BCUT2D eigenvalue weighted by atomic mass is 19.4. The van der Waals surface area contributed by atoms with E-state index in [0.29, 0.717) is 16.6 Å². The van der Waals surface area contributed by atoms with Crippen LogP contribution >= 0.6 is 0 Å². The Hall–Kier alpha value is -4.69. The zero-order chi connectivity index (χ0) is 31.1. The number of aromatic nitrogens is 1. The van der Waals surface area contributed by atoms with E-state index >= 15 is 0 Å². The van der Waals surface area contributed by atoms with Crippen LogP contribution in [0.15, 0.2) is 42.6 Å². The maximum atomic E-state index is 14.6. The van der Waals surface area contributed by atoms with Crippen LogP contribution in [-0.4, -0.2) is 64.3 Å². The Morgan fingerprint density at radius 3 is 2.49 bits per heavy atom. The molecule has 0 unspecified atom stereocenters. The fourth-order valence-corrected chi connectivity index (χ4v) is 4.94. The number of amides is 4. The van der Waals surface area contributed by atoms with Crippen LogP contribution < -0.4 is 20.7 Å². The molecular formula is C28H26F5N5O5. The fourth-order valence-electron chi connectivity index (χ4n) is 4.94. The number of rotatable bonds is 8. The van der Waals surface area contributed by atoms with Crippen molar-refractivity contribution in [2.75, 3.05) is 17.2 Å². The van der Waals surface area contributed by atoms with E-state index in [2.05, 4.69) is 20.7 Å². The zero-order valence-electron chi connectivity index (χ0n) is 22.6. The maximum Gasteiger partial charge on any atom is 0.573 e. The van der Waals surface area contributed by atoms with Crippen LogP contribution in [0, 0.1) is 5.82 Å². The lowest BCUT2D eigenvalue weighted by Gasteiger charge is -2.24. The molecule has 1 aliphatic heterocycles. The summed E-state index contributed by atoms with van der Waals surface area (Å²) in [5.74, 6) is -4.66. The Labute approximate surface area is 241 Å². The summed E-state index contributed by atoms with van der Waals surface area (Å²) in [5.41, 5.74) is 0.515. The van der Waals surface area contributed by atoms with Gasteiger partial charge >= 0.3 is 12.4 Å². The predicted octanol–water partition coefficient (Wildman–Crippen LogP) is 4.74. The first kappa shape index (κ1) is 29.8. The van der Waals surface area contributed by atoms with Crippen molar-refractivity contribution in [3.05, 3.63) is 54.0 Å². The van der Waals surface area contributed by atoms with Crippen LogP contribution in [0.1, 0.15) is 36.5 Å². The van der Waals surface area contributed by atoms with Crippen LogP contribution in [0.5, 0.6) is 5.75 Å². The quantitative estimate of drug-likeness (QED) is 0.252. The number of fused-ring (bicyclic) bond motifs is 1. The number of ketones is 1. The first-order chi connectivity index (χ1) is 20.3. The molecule has 0 radical (unpaired) electrons. The second kappa shape index (κ2) is 11.5. The second-order valence-corrected chi connectivity index (χ2v) is 10.4. The van der Waals surface area contributed by atoms with Gasteiger partial charge in [0, 0.05) is 40.8 Å². The van der Waals surface area contributed by atoms with Crippen LogP contribution in [0.4, 0.5) is 38.1 Å². The molecular weight excluding hydrogens is 581 g/mol. The fraction of sp³-hybridized carbons (Fsp3) is 0.357. The number of Topliss-reactive ketones (excluding diaryl/α,β-unsaturated/α-hetero) is 1. The number of carbonyl (C=O) groups excluding carboxylic acids is 4. The lowest BCUT2D eigenvalue weighted by Crippen LogP contribution is -2.44. The van der Waals surface area contributed by atoms with Crippen LogP contribution in [0.3, 0.4) is 0 Å². The molecule has 4 amide bonds. The summed E-state index contributed by atoms with van der Waals surface area (Å²) in [6.45, 7) is 0.501. The number of nitrogens with zero attached hydrogens (tertiary/aromatic N) is 2. The predicted molar refractivity (Wildman–Crippen MR) is 144 cm³/mol. The minimum Gasteiger partial charge on any atom is -0.403 e. The first-order valence-electron chi connectivity index (χ1n) is 13.3. The van der Waals surface area contributed by atoms with Gasteiger partial charge in [-0.3, -0.25) is 14.4 Å². The number of halogens is 5. The van der Waals surface area contributed by atoms with Gasteiger partial charge in [-0.25, -0.2) is 13.6 Å². The number of likely N-dealkylation sites (tertiary alicyclic amines) is 1. The summed E-state index contributed by atoms with van der Waals surface area (Å²) >= 11 is 0. The number of hydrogen-bond donors (Lipinski definition) is 3. The second-order valence-electron chi connectivity index (χ2n) is 10.4. The Balaban J connectivity index is 1.33. The number of carbonyl (C=O) groups is 4. The van der Waals surface area contributed by atoms with Gasteiger partial charge in [-0.05, 0) is 50.1 Å². The van der Waals surface area contributed by atoms with E-state index in [-0.39, 0.29) is 23.4 Å². The maximum absolute atomic E-state index is 14.6. The molecule has 3 aromatic rings. The number of hydrogen-bond acceptors (Lipinski definition) is 5. The van der Waals surface area contributed by atoms with Crippen molar-refractivity contribution >= 4 is 45.9 Å². The molecule has 1 aliphatic carbocycles. The Morgan fingerprint density at radius 2 is 1.81 bits per heavy atom. The van der Waals surface area contributed by atoms with Crippen LogP contribution in [0.2, 0.25) is 0 Å². The Kier molecular flexibility index (Phi) is 7.99. The number of urea groups is 1. The van der Waals surface area contributed by atoms with E-state index in [1.54, 1.807) is 18.2 Å². The van der Waals surface area contributed by atoms with Gasteiger partial charge in [0.05, 0.1) is 12.2 Å². The minimum absolute atomic E-state index is 0.136. The van der Waals surface area contributed by atoms with Crippen molar-refractivity contribution in [1.82, 2.24) is 14.8 Å². The summed E-state index contributed by atoms with van der Waals surface area (Å²) < 4.78 is 71.9. The lowest BCUT2D eigenvalue weighted by molar-refractivity contribution is -0.275. The number of alkyl halides is 4. The summed E-state index contributed by atoms with van der Waals surface area (Å²) in [5, 5.41) is 8.07. The lowest BCUT2D eigenvalue weighted by atomic mass is 10.1. The van der Waals surface area contributed by atoms with E-state index in [1.165, 1.54) is 17.7 Å². The molecule has 2 fully saturated rings. The number of anilines is 2. The number of nitrogens with one attached hydrogen (secondary N) is 3. The third-order valence-electron chi connectivity index (χ3n) is 7.06. The average Bonchev–Trinajstić information content (AvgIpc) is 3.52. The Bertz CT molecular complexity index is 1600. The molecule has 1 saturated carbocycles. The van der Waals surface area contributed by atoms with Crippen molar-refractivity contribution in [2.45, 2.75) is 57.3 Å². The molecule has 2 heterocycles. The molecule has 2 aliphatic rings. The molecule has 3 N–H and O–H groups in total. The third-order valence-corrected chi connectivity index (χ3v) is 7.06. The molecule has 2 atom stereocenters. The molecule has 0 bridgehead atoms. The SMILES string of the molecule is CC(=O)c1cn(CC(=O)N2C[C@H](F)C[C@H]2C(=O)Nc2cccc(OC(F)(F)F)c2F)c2ccc(NC(=O)NC3CC3)cc12. The van der Waals surface area contributed by atoms with Crippen molar-refractivity contribution < 1.29 is 45.9 Å². The molecule has 2 aromatic carbocycles. The smallest absolute Gasteiger partial charge is 0.403 e. The normalized spacial score (nSPS) is 18.4. The molecule has 228 valence electrons. The van der Waals surface area contributed by atoms with Gasteiger partial charge < -0.3 is 30.2 Å². The number of ether oxygens (including phenoxy) is 1. The molecule has 43 heavy (non-hydrogen) atoms. The van der Waals surface area contributed by atoms with Crippen molar-refractivity contribution in [1.29, 1.82) is 0 Å². The standard InChI is InChI=1S/C28H26F5N5O5/c1-14(39)19-12-37(21-8-7-17(10-18(19)21)35-27(42)34-16-5-6-16)13-24(40)38-11-15(29)9-22(38)26(41)36-20-3-2-4-23(25(20)30)43-28(31,32)33/h2-4,7-8,10,12,15-16,22H,5-6,9,11,13H2,1H3,(H,36,41)(H2,34,35,42)/t15-,22+/m1/s1. The van der Waals surface area contributed by atoms with E-state index in [0.717, 1.165) is 35.9 Å². The highest BCUT2D eigenvalue weighted by Gasteiger charge is 2.40. The van der Waals surface area contributed by atoms with E-state index in [9.17, 15) is 41.1 Å². The van der Waals surface area contributed by atoms with Crippen LogP contribution in [-0.2, 0) is 16.1 Å². The van der Waals surface area contributed by atoms with Crippen molar-refractivity contribution in [3.63, 3.8) is 0 Å². The van der Waals surface area contributed by atoms with Gasteiger partial charge in [0.25, 0.3) is 0 Å². The Morgan fingerprint density at radius 1 is 1.07 bits per heavy atom. The summed E-state index contributed by atoms with van der Waals surface area (Å²) in [6.07, 6.45) is -3.93. The minimum atomic E-state index is -5.17. The number of benzene rings is 2. The highest BCUT2D eigenvalue weighted by Crippen LogP contribution is 2.31. The molecule has 1 saturated heterocycles. The van der Waals surface area contributed by atoms with Crippen molar-refractivity contribution in [3.8, 4) is 5.75 Å². The third kappa shape index (κ3) is 6.87. The monoisotopic (exact) mass is 607 g/mol. The summed E-state index contributed by atoms with van der Waals surface area (Å²) in [4.78, 5) is 51.8. The average molecular weight is 608 g/mol. The topological polar surface area (TPSA) is 122 Å². The summed E-state index contributed by atoms with van der Waals surface area (Å²) in [7, 11) is 0. The van der Waals surface area contributed by atoms with Gasteiger partial charge in [0.1, 0.15) is 18.8 Å². The highest BCUT2D eigenvalue weighted by molar-refractivity contribution is 6.08. The molecule has 15 heteroatoms. The zero-order valence-corrected chi connectivity index (χ0v) is 22.6. The van der Waals surface area contributed by atoms with Gasteiger partial charge in [0.2, 0.25) is 11.8 Å². The molecule has 10 nitrogen and oxygen atoms in total. The molecule has 1 aromatic heterocycles. The molecule has 0 spiro atoms. The molecule has 5 rings (SSSR count).